The van der Waals surface area contributed by atoms with Crippen LogP contribution in [0.1, 0.15) is 5.69 Å². The van der Waals surface area contributed by atoms with E-state index in [4.69, 9.17) is 14.4 Å². The molecular weight excluding hydrogens is 350 g/mol. The van der Waals surface area contributed by atoms with Crippen LogP contribution in [0.2, 0.25) is 0 Å². The van der Waals surface area contributed by atoms with Crippen LogP contribution in [-0.4, -0.2) is 26.8 Å². The summed E-state index contributed by atoms with van der Waals surface area (Å²) in [4.78, 5) is 11.6. The van der Waals surface area contributed by atoms with E-state index in [1.807, 2.05) is 49.1 Å². The molecule has 0 amide bonds. The van der Waals surface area contributed by atoms with E-state index in [1.165, 1.54) is 0 Å². The molecule has 138 valence electrons. The summed E-state index contributed by atoms with van der Waals surface area (Å²) in [5, 5.41) is 6.77. The first-order valence-corrected chi connectivity index (χ1v) is 9.08. The predicted molar refractivity (Wildman–Crippen MR) is 111 cm³/mol. The van der Waals surface area contributed by atoms with E-state index in [9.17, 15) is 0 Å². The summed E-state index contributed by atoms with van der Waals surface area (Å²) < 4.78 is 7.13. The van der Waals surface area contributed by atoms with Gasteiger partial charge in [0.1, 0.15) is 12.1 Å². The highest BCUT2D eigenvalue weighted by molar-refractivity contribution is 5.94. The molecule has 6 heteroatoms. The summed E-state index contributed by atoms with van der Waals surface area (Å²) in [6.07, 6.45) is 3.30. The van der Waals surface area contributed by atoms with Crippen molar-refractivity contribution in [2.24, 2.45) is 7.05 Å². The Morgan fingerprint density at radius 3 is 2.64 bits per heavy atom. The SMILES string of the molecule is Cc1c2ccc(N(C)c3nc(-c4ccoc4)nc4ccccc34)cc2nn1C. The molecule has 0 aliphatic carbocycles. The quantitative estimate of drug-likeness (QED) is 0.455. The summed E-state index contributed by atoms with van der Waals surface area (Å²) in [5.74, 6) is 1.48. The second-order valence-corrected chi connectivity index (χ2v) is 6.87. The fourth-order valence-electron chi connectivity index (χ4n) is 3.49. The number of hydrogen-bond donors (Lipinski definition) is 0. The Labute approximate surface area is 162 Å². The zero-order chi connectivity index (χ0) is 19.3. The number of rotatable bonds is 3. The van der Waals surface area contributed by atoms with Gasteiger partial charge in [-0.25, -0.2) is 9.97 Å². The molecule has 28 heavy (non-hydrogen) atoms. The van der Waals surface area contributed by atoms with Gasteiger partial charge in [0.05, 0.1) is 22.9 Å². The molecule has 5 rings (SSSR count). The molecule has 0 aliphatic rings. The van der Waals surface area contributed by atoms with E-state index in [0.717, 1.165) is 44.6 Å². The zero-order valence-corrected chi connectivity index (χ0v) is 15.9. The van der Waals surface area contributed by atoms with E-state index in [0.29, 0.717) is 5.82 Å². The van der Waals surface area contributed by atoms with Crippen molar-refractivity contribution in [3.8, 4) is 11.4 Å². The summed E-state index contributed by atoms with van der Waals surface area (Å²) >= 11 is 0. The molecule has 0 fully saturated rings. The Bertz CT molecular complexity index is 1300. The molecule has 0 aliphatic heterocycles. The van der Waals surface area contributed by atoms with Crippen molar-refractivity contribution in [3.05, 3.63) is 66.8 Å². The first-order valence-electron chi connectivity index (χ1n) is 9.08. The van der Waals surface area contributed by atoms with E-state index in [2.05, 4.69) is 35.1 Å². The number of nitrogens with zero attached hydrogens (tertiary/aromatic N) is 5. The molecule has 0 radical (unpaired) electrons. The van der Waals surface area contributed by atoms with Crippen molar-refractivity contribution in [2.75, 3.05) is 11.9 Å². The van der Waals surface area contributed by atoms with Gasteiger partial charge < -0.3 is 9.32 Å². The van der Waals surface area contributed by atoms with Crippen molar-refractivity contribution < 1.29 is 4.42 Å². The smallest absolute Gasteiger partial charge is 0.165 e. The van der Waals surface area contributed by atoms with Crippen LogP contribution < -0.4 is 4.90 Å². The van der Waals surface area contributed by atoms with Gasteiger partial charge in [0.2, 0.25) is 0 Å². The highest BCUT2D eigenvalue weighted by Gasteiger charge is 2.16. The van der Waals surface area contributed by atoms with Crippen LogP contribution in [0, 0.1) is 6.92 Å². The fourth-order valence-corrected chi connectivity index (χ4v) is 3.49. The average molecular weight is 369 g/mol. The van der Waals surface area contributed by atoms with Gasteiger partial charge in [0.25, 0.3) is 0 Å². The van der Waals surface area contributed by atoms with Gasteiger partial charge in [0, 0.05) is 36.2 Å². The number of benzene rings is 2. The molecular formula is C22H19N5O. The summed E-state index contributed by atoms with van der Waals surface area (Å²) in [5.41, 5.74) is 4.89. The highest BCUT2D eigenvalue weighted by Crippen LogP contribution is 2.32. The molecule has 0 N–H and O–H groups in total. The monoisotopic (exact) mass is 369 g/mol. The van der Waals surface area contributed by atoms with Gasteiger partial charge in [-0.05, 0) is 43.3 Å². The van der Waals surface area contributed by atoms with E-state index in [-0.39, 0.29) is 0 Å². The lowest BCUT2D eigenvalue weighted by molar-refractivity contribution is 0.568. The van der Waals surface area contributed by atoms with Crippen molar-refractivity contribution in [3.63, 3.8) is 0 Å². The topological polar surface area (TPSA) is 60.0 Å². The summed E-state index contributed by atoms with van der Waals surface area (Å²) in [7, 11) is 3.98. The van der Waals surface area contributed by atoms with Crippen molar-refractivity contribution in [2.45, 2.75) is 6.92 Å². The van der Waals surface area contributed by atoms with Gasteiger partial charge in [-0.1, -0.05) is 12.1 Å². The first-order chi connectivity index (χ1) is 13.6. The maximum atomic E-state index is 5.22. The second kappa shape index (κ2) is 6.20. The summed E-state index contributed by atoms with van der Waals surface area (Å²) in [6, 6.07) is 16.2. The number of aryl methyl sites for hydroxylation is 2. The molecule has 0 atom stereocenters. The van der Waals surface area contributed by atoms with E-state index < -0.39 is 0 Å². The Hall–Kier alpha value is -3.67. The molecule has 0 unspecified atom stereocenters. The maximum absolute atomic E-state index is 5.22. The first kappa shape index (κ1) is 16.5. The molecule has 0 spiro atoms. The highest BCUT2D eigenvalue weighted by atomic mass is 16.3. The number of para-hydroxylation sites is 1. The number of fused-ring (bicyclic) bond motifs is 2. The summed E-state index contributed by atoms with van der Waals surface area (Å²) in [6.45, 7) is 2.08. The molecule has 3 heterocycles. The maximum Gasteiger partial charge on any atom is 0.165 e. The van der Waals surface area contributed by atoms with Crippen LogP contribution >= 0.6 is 0 Å². The van der Waals surface area contributed by atoms with Crippen molar-refractivity contribution in [1.82, 2.24) is 19.7 Å². The minimum Gasteiger partial charge on any atom is -0.472 e. The van der Waals surface area contributed by atoms with Crippen LogP contribution in [0.3, 0.4) is 0 Å². The largest absolute Gasteiger partial charge is 0.472 e. The standard InChI is InChI=1S/C22H19N5O/c1-14-17-9-8-16(12-20(17)25-27(14)3)26(2)22-18-6-4-5-7-19(18)23-21(24-22)15-10-11-28-13-15/h4-13H,1-3H3. The normalized spacial score (nSPS) is 11.4. The molecule has 0 bridgehead atoms. The fraction of sp³-hybridized carbons (Fsp3) is 0.136. The minimum absolute atomic E-state index is 0.643. The number of hydrogen-bond acceptors (Lipinski definition) is 5. The molecule has 3 aromatic heterocycles. The Kier molecular flexibility index (Phi) is 3.65. The van der Waals surface area contributed by atoms with E-state index in [1.54, 1.807) is 12.5 Å². The van der Waals surface area contributed by atoms with Gasteiger partial charge in [-0.15, -0.1) is 0 Å². The van der Waals surface area contributed by atoms with Crippen molar-refractivity contribution >= 4 is 33.3 Å². The lowest BCUT2D eigenvalue weighted by Crippen LogP contribution is -2.12. The van der Waals surface area contributed by atoms with Crippen LogP contribution in [-0.2, 0) is 7.05 Å². The third-order valence-corrected chi connectivity index (χ3v) is 5.18. The average Bonchev–Trinajstić information content (AvgIpc) is 3.35. The van der Waals surface area contributed by atoms with Crippen LogP contribution in [0.4, 0.5) is 11.5 Å². The molecule has 0 saturated heterocycles. The molecule has 2 aromatic carbocycles. The lowest BCUT2D eigenvalue weighted by atomic mass is 10.1. The second-order valence-electron chi connectivity index (χ2n) is 6.87. The van der Waals surface area contributed by atoms with Crippen LogP contribution in [0.5, 0.6) is 0 Å². The lowest BCUT2D eigenvalue weighted by Gasteiger charge is -2.20. The van der Waals surface area contributed by atoms with Gasteiger partial charge >= 0.3 is 0 Å². The van der Waals surface area contributed by atoms with Crippen LogP contribution in [0.15, 0.2) is 65.5 Å². The zero-order valence-electron chi connectivity index (χ0n) is 15.9. The Balaban J connectivity index is 1.69. The van der Waals surface area contributed by atoms with Crippen LogP contribution in [0.25, 0.3) is 33.2 Å². The number of anilines is 2. The van der Waals surface area contributed by atoms with Gasteiger partial charge in [-0.3, -0.25) is 4.68 Å². The predicted octanol–water partition coefficient (Wildman–Crippen LogP) is 4.85. The third kappa shape index (κ3) is 2.53. The van der Waals surface area contributed by atoms with Crippen molar-refractivity contribution in [1.29, 1.82) is 0 Å². The number of aromatic nitrogens is 4. The number of furan rings is 1. The Morgan fingerprint density at radius 2 is 1.82 bits per heavy atom. The molecule has 5 aromatic rings. The minimum atomic E-state index is 0.643. The van der Waals surface area contributed by atoms with Gasteiger partial charge in [0.15, 0.2) is 5.82 Å². The molecule has 6 nitrogen and oxygen atoms in total. The van der Waals surface area contributed by atoms with Gasteiger partial charge in [-0.2, -0.15) is 5.10 Å². The van der Waals surface area contributed by atoms with E-state index >= 15 is 0 Å². The third-order valence-electron chi connectivity index (χ3n) is 5.18. The molecule has 0 saturated carbocycles. The Morgan fingerprint density at radius 1 is 0.964 bits per heavy atom.